The van der Waals surface area contributed by atoms with E-state index < -0.39 is 10.0 Å². The first-order valence-corrected chi connectivity index (χ1v) is 10.8. The van der Waals surface area contributed by atoms with Gasteiger partial charge < -0.3 is 4.90 Å². The van der Waals surface area contributed by atoms with Crippen LogP contribution >= 0.6 is 11.6 Å². The lowest BCUT2D eigenvalue weighted by Gasteiger charge is -2.38. The molecule has 0 aliphatic carbocycles. The number of rotatable bonds is 5. The van der Waals surface area contributed by atoms with Crippen LogP contribution in [0.5, 0.6) is 0 Å². The van der Waals surface area contributed by atoms with Crippen LogP contribution in [0.4, 0.5) is 0 Å². The number of likely N-dealkylation sites (tertiary alicyclic amines) is 1. The van der Waals surface area contributed by atoms with Crippen LogP contribution in [0.15, 0.2) is 59.5 Å². The second kappa shape index (κ2) is 8.42. The molecule has 0 aromatic heterocycles. The highest BCUT2D eigenvalue weighted by molar-refractivity contribution is 7.89. The number of sulfonamides is 1. The molecule has 1 unspecified atom stereocenters. The van der Waals surface area contributed by atoms with Gasteiger partial charge in [0.05, 0.1) is 4.90 Å². The van der Waals surface area contributed by atoms with Gasteiger partial charge >= 0.3 is 0 Å². The zero-order chi connectivity index (χ0) is 19.4. The number of benzene rings is 2. The van der Waals surface area contributed by atoms with Crippen LogP contribution < -0.4 is 0 Å². The van der Waals surface area contributed by atoms with Gasteiger partial charge in [-0.1, -0.05) is 41.9 Å². The van der Waals surface area contributed by atoms with E-state index in [1.807, 2.05) is 30.3 Å². The van der Waals surface area contributed by atoms with Crippen LogP contribution in [0.2, 0.25) is 5.02 Å². The summed E-state index contributed by atoms with van der Waals surface area (Å²) in [5.74, 6) is -0.0248. The maximum absolute atomic E-state index is 13.4. The standard InChI is InChI=1S/C20H23ClN2O3S/c1-16(24)22-13-5-8-19(15-22)23(14-17-6-3-2-4-7-17)27(25,26)20-11-9-18(21)10-12-20/h2-4,6-7,9-12,19H,5,8,13-15H2,1H3. The van der Waals surface area contributed by atoms with Crippen molar-refractivity contribution in [1.82, 2.24) is 9.21 Å². The van der Waals surface area contributed by atoms with E-state index in [1.54, 1.807) is 17.0 Å². The Hall–Kier alpha value is -1.89. The number of piperidine rings is 1. The Bertz CT molecular complexity index is 885. The summed E-state index contributed by atoms with van der Waals surface area (Å²) in [6.07, 6.45) is 1.51. The van der Waals surface area contributed by atoms with E-state index in [4.69, 9.17) is 11.6 Å². The Balaban J connectivity index is 1.96. The molecule has 1 heterocycles. The van der Waals surface area contributed by atoms with Crippen molar-refractivity contribution in [2.24, 2.45) is 0 Å². The summed E-state index contributed by atoms with van der Waals surface area (Å²) >= 11 is 5.92. The molecule has 5 nitrogen and oxygen atoms in total. The fourth-order valence-electron chi connectivity index (χ4n) is 3.39. The van der Waals surface area contributed by atoms with Gasteiger partial charge in [-0.2, -0.15) is 4.31 Å². The zero-order valence-corrected chi connectivity index (χ0v) is 16.8. The molecular formula is C20H23ClN2O3S. The lowest BCUT2D eigenvalue weighted by Crippen LogP contribution is -2.50. The lowest BCUT2D eigenvalue weighted by molar-refractivity contribution is -0.130. The molecule has 1 aliphatic rings. The highest BCUT2D eigenvalue weighted by atomic mass is 35.5. The Morgan fingerprint density at radius 2 is 1.81 bits per heavy atom. The van der Waals surface area contributed by atoms with Crippen LogP contribution in [-0.2, 0) is 21.4 Å². The van der Waals surface area contributed by atoms with Gasteiger partial charge in [-0.25, -0.2) is 8.42 Å². The third-order valence-corrected chi connectivity index (χ3v) is 7.02. The molecule has 27 heavy (non-hydrogen) atoms. The van der Waals surface area contributed by atoms with E-state index in [0.29, 0.717) is 18.1 Å². The van der Waals surface area contributed by atoms with E-state index >= 15 is 0 Å². The van der Waals surface area contributed by atoms with Crippen LogP contribution in [0.3, 0.4) is 0 Å². The quantitative estimate of drug-likeness (QED) is 0.763. The Kier molecular flexibility index (Phi) is 6.19. The Labute approximate surface area is 165 Å². The molecule has 1 saturated heterocycles. The lowest BCUT2D eigenvalue weighted by atomic mass is 10.1. The molecule has 7 heteroatoms. The van der Waals surface area contributed by atoms with Crippen LogP contribution in [0, 0.1) is 0 Å². The molecule has 1 fully saturated rings. The first-order chi connectivity index (χ1) is 12.9. The summed E-state index contributed by atoms with van der Waals surface area (Å²) in [4.78, 5) is 13.8. The number of hydrogen-bond donors (Lipinski definition) is 0. The van der Waals surface area contributed by atoms with Crippen molar-refractivity contribution in [3.05, 3.63) is 65.2 Å². The van der Waals surface area contributed by atoms with Gasteiger partial charge in [-0.15, -0.1) is 0 Å². The molecule has 144 valence electrons. The highest BCUT2D eigenvalue weighted by Crippen LogP contribution is 2.27. The van der Waals surface area contributed by atoms with Crippen molar-refractivity contribution >= 4 is 27.5 Å². The summed E-state index contributed by atoms with van der Waals surface area (Å²) < 4.78 is 28.3. The van der Waals surface area contributed by atoms with Gasteiger partial charge in [0.15, 0.2) is 0 Å². The average Bonchev–Trinajstić information content (AvgIpc) is 2.67. The molecule has 2 aromatic rings. The molecule has 1 amide bonds. The van der Waals surface area contributed by atoms with E-state index in [0.717, 1.165) is 18.4 Å². The van der Waals surface area contributed by atoms with E-state index in [1.165, 1.54) is 23.4 Å². The summed E-state index contributed by atoms with van der Waals surface area (Å²) in [5.41, 5.74) is 0.912. The van der Waals surface area contributed by atoms with Gasteiger partial charge in [0.1, 0.15) is 0 Å². The minimum atomic E-state index is -3.73. The number of hydrogen-bond acceptors (Lipinski definition) is 3. The molecular weight excluding hydrogens is 384 g/mol. The monoisotopic (exact) mass is 406 g/mol. The highest BCUT2D eigenvalue weighted by Gasteiger charge is 2.35. The topological polar surface area (TPSA) is 57.7 Å². The second-order valence-corrected chi connectivity index (χ2v) is 9.08. The number of nitrogens with zero attached hydrogens (tertiary/aromatic N) is 2. The Morgan fingerprint density at radius 1 is 1.15 bits per heavy atom. The first kappa shape index (κ1) is 19.9. The number of halogens is 1. The SMILES string of the molecule is CC(=O)N1CCCC(N(Cc2ccccc2)S(=O)(=O)c2ccc(Cl)cc2)C1. The van der Waals surface area contributed by atoms with Gasteiger partial charge in [0, 0.05) is 37.6 Å². The molecule has 0 N–H and O–H groups in total. The molecule has 0 saturated carbocycles. The van der Waals surface area contributed by atoms with E-state index in [9.17, 15) is 13.2 Å². The number of carbonyl (C=O) groups is 1. The van der Waals surface area contributed by atoms with E-state index in [2.05, 4.69) is 0 Å². The minimum absolute atomic E-state index is 0.0248. The average molecular weight is 407 g/mol. The fourth-order valence-corrected chi connectivity index (χ4v) is 5.15. The molecule has 2 aromatic carbocycles. The molecule has 1 aliphatic heterocycles. The van der Waals surface area contributed by atoms with Crippen LogP contribution in [-0.4, -0.2) is 42.7 Å². The number of amides is 1. The van der Waals surface area contributed by atoms with E-state index in [-0.39, 0.29) is 23.4 Å². The fraction of sp³-hybridized carbons (Fsp3) is 0.350. The smallest absolute Gasteiger partial charge is 0.243 e. The molecule has 0 spiro atoms. The molecule has 0 bridgehead atoms. The Morgan fingerprint density at radius 3 is 2.44 bits per heavy atom. The molecule has 1 atom stereocenters. The van der Waals surface area contributed by atoms with Gasteiger partial charge in [0.2, 0.25) is 15.9 Å². The van der Waals surface area contributed by atoms with Gasteiger partial charge in [-0.3, -0.25) is 4.79 Å². The summed E-state index contributed by atoms with van der Waals surface area (Å²) in [5, 5.41) is 0.490. The van der Waals surface area contributed by atoms with Crippen molar-refractivity contribution in [3.8, 4) is 0 Å². The minimum Gasteiger partial charge on any atom is -0.341 e. The maximum atomic E-state index is 13.4. The third kappa shape index (κ3) is 4.69. The van der Waals surface area contributed by atoms with Crippen LogP contribution in [0.1, 0.15) is 25.3 Å². The van der Waals surface area contributed by atoms with Crippen molar-refractivity contribution in [1.29, 1.82) is 0 Å². The van der Waals surface area contributed by atoms with Gasteiger partial charge in [0.25, 0.3) is 0 Å². The van der Waals surface area contributed by atoms with Crippen molar-refractivity contribution < 1.29 is 13.2 Å². The zero-order valence-electron chi connectivity index (χ0n) is 15.2. The summed E-state index contributed by atoms with van der Waals surface area (Å²) in [6, 6.07) is 15.5. The summed E-state index contributed by atoms with van der Waals surface area (Å²) in [7, 11) is -3.73. The maximum Gasteiger partial charge on any atom is 0.243 e. The van der Waals surface area contributed by atoms with Crippen molar-refractivity contribution in [2.75, 3.05) is 13.1 Å². The van der Waals surface area contributed by atoms with Crippen molar-refractivity contribution in [2.45, 2.75) is 37.2 Å². The largest absolute Gasteiger partial charge is 0.341 e. The number of carbonyl (C=O) groups excluding carboxylic acids is 1. The second-order valence-electron chi connectivity index (χ2n) is 6.75. The normalized spacial score (nSPS) is 17.9. The van der Waals surface area contributed by atoms with Crippen molar-refractivity contribution in [3.63, 3.8) is 0 Å². The van der Waals surface area contributed by atoms with Gasteiger partial charge in [-0.05, 0) is 42.7 Å². The third-order valence-electron chi connectivity index (χ3n) is 4.85. The predicted octanol–water partition coefficient (Wildman–Crippen LogP) is 3.54. The first-order valence-electron chi connectivity index (χ1n) is 8.95. The molecule has 0 radical (unpaired) electrons. The van der Waals surface area contributed by atoms with Crippen LogP contribution in [0.25, 0.3) is 0 Å². The molecule has 3 rings (SSSR count). The predicted molar refractivity (Wildman–Crippen MR) is 106 cm³/mol. The summed E-state index contributed by atoms with van der Waals surface area (Å²) in [6.45, 7) is 2.88.